The summed E-state index contributed by atoms with van der Waals surface area (Å²) in [7, 11) is 1.70. The van der Waals surface area contributed by atoms with Crippen LogP contribution in [0.2, 0.25) is 0 Å². The minimum absolute atomic E-state index is 0.00808. The molecular formula is C30H31F2N3O2. The highest BCUT2D eigenvalue weighted by atomic mass is 19.3. The molecule has 6 rings (SSSR count). The highest BCUT2D eigenvalue weighted by Crippen LogP contribution is 2.60. The molecular weight excluding hydrogens is 472 g/mol. The Labute approximate surface area is 214 Å². The predicted molar refractivity (Wildman–Crippen MR) is 141 cm³/mol. The zero-order chi connectivity index (χ0) is 25.8. The van der Waals surface area contributed by atoms with Crippen LogP contribution < -0.4 is 10.3 Å². The molecule has 1 atom stereocenters. The van der Waals surface area contributed by atoms with Gasteiger partial charge in [-0.3, -0.25) is 9.69 Å². The topological polar surface area (TPSA) is 61.1 Å². The molecule has 37 heavy (non-hydrogen) atoms. The number of aromatic nitrogens is 2. The third-order valence-electron chi connectivity index (χ3n) is 8.33. The molecule has 1 aliphatic heterocycles. The first-order chi connectivity index (χ1) is 17.8. The summed E-state index contributed by atoms with van der Waals surface area (Å²) in [6.07, 6.45) is 3.38. The lowest BCUT2D eigenvalue weighted by Gasteiger charge is -2.54. The van der Waals surface area contributed by atoms with E-state index >= 15 is 0 Å². The van der Waals surface area contributed by atoms with Crippen LogP contribution in [0.25, 0.3) is 22.2 Å². The smallest absolute Gasteiger partial charge is 0.249 e. The van der Waals surface area contributed by atoms with Gasteiger partial charge < -0.3 is 14.7 Å². The summed E-state index contributed by atoms with van der Waals surface area (Å²) < 4.78 is 33.8. The minimum atomic E-state index is -2.55. The quantitative estimate of drug-likeness (QED) is 0.323. The monoisotopic (exact) mass is 503 g/mol. The van der Waals surface area contributed by atoms with Crippen LogP contribution in [0.3, 0.4) is 0 Å². The second-order valence-electron chi connectivity index (χ2n) is 10.8. The number of aromatic amines is 2. The van der Waals surface area contributed by atoms with Crippen molar-refractivity contribution in [1.29, 1.82) is 0 Å². The highest BCUT2D eigenvalue weighted by molar-refractivity contribution is 5.88. The number of hydrogen-bond donors (Lipinski definition) is 2. The van der Waals surface area contributed by atoms with Gasteiger partial charge in [0, 0.05) is 59.9 Å². The summed E-state index contributed by atoms with van der Waals surface area (Å²) in [5, 5.41) is 1.13. The van der Waals surface area contributed by atoms with Crippen LogP contribution >= 0.6 is 0 Å². The maximum Gasteiger partial charge on any atom is 0.249 e. The standard InChI is InChI=1S/C30H31F2N3O2/c1-19-14-26(37-2)23(22-10-12-33-28(19)22)16-35-13-11-29(17-30(31,32)18-29)15-25(35)21-8-6-20(7-9-21)24-4-3-5-27(36)34-24/h3-10,12,14,25,33H,11,13,15-18H2,1-2H3,(H,34,36)/t25-/m1/s1. The molecule has 2 fully saturated rings. The Morgan fingerprint density at radius 1 is 1.11 bits per heavy atom. The maximum absolute atomic E-state index is 14.0. The highest BCUT2D eigenvalue weighted by Gasteiger charge is 2.58. The van der Waals surface area contributed by atoms with Gasteiger partial charge in [0.25, 0.3) is 0 Å². The van der Waals surface area contributed by atoms with Crippen molar-refractivity contribution in [3.05, 3.63) is 87.8 Å². The lowest BCUT2D eigenvalue weighted by Crippen LogP contribution is -2.53. The molecule has 4 aromatic rings. The number of hydrogen-bond acceptors (Lipinski definition) is 3. The lowest BCUT2D eigenvalue weighted by atomic mass is 9.59. The van der Waals surface area contributed by atoms with E-state index < -0.39 is 5.92 Å². The Bertz CT molecular complexity index is 1500. The molecule has 1 spiro atoms. The first kappa shape index (κ1) is 23.9. The van der Waals surface area contributed by atoms with Crippen molar-refractivity contribution in [3.63, 3.8) is 0 Å². The number of nitrogens with one attached hydrogen (secondary N) is 2. The number of methoxy groups -OCH3 is 1. The van der Waals surface area contributed by atoms with Gasteiger partial charge in [0.2, 0.25) is 11.5 Å². The fourth-order valence-electron chi connectivity index (χ4n) is 6.55. The molecule has 1 aliphatic carbocycles. The Balaban J connectivity index is 1.35. The number of ether oxygens (including phenoxy) is 1. The van der Waals surface area contributed by atoms with Gasteiger partial charge in [-0.25, -0.2) is 8.78 Å². The summed E-state index contributed by atoms with van der Waals surface area (Å²) >= 11 is 0. The van der Waals surface area contributed by atoms with Crippen LogP contribution in [0.4, 0.5) is 8.78 Å². The van der Waals surface area contributed by atoms with Crippen molar-refractivity contribution >= 4 is 10.9 Å². The Hall–Kier alpha value is -3.45. The van der Waals surface area contributed by atoms with Crippen molar-refractivity contribution < 1.29 is 13.5 Å². The molecule has 2 aromatic carbocycles. The van der Waals surface area contributed by atoms with Crippen LogP contribution in [-0.2, 0) is 6.54 Å². The molecule has 192 valence electrons. The van der Waals surface area contributed by atoms with Gasteiger partial charge >= 0.3 is 0 Å². The van der Waals surface area contributed by atoms with Crippen molar-refractivity contribution in [2.24, 2.45) is 5.41 Å². The van der Waals surface area contributed by atoms with E-state index in [1.165, 1.54) is 6.07 Å². The van der Waals surface area contributed by atoms with E-state index in [2.05, 4.69) is 46.1 Å². The number of H-pyrrole nitrogens is 2. The molecule has 5 nitrogen and oxygen atoms in total. The number of benzene rings is 2. The van der Waals surface area contributed by atoms with Crippen LogP contribution in [-0.4, -0.2) is 34.4 Å². The Morgan fingerprint density at radius 2 is 1.89 bits per heavy atom. The van der Waals surface area contributed by atoms with E-state index in [9.17, 15) is 13.6 Å². The minimum Gasteiger partial charge on any atom is -0.496 e. The van der Waals surface area contributed by atoms with E-state index in [-0.39, 0.29) is 29.9 Å². The fourth-order valence-corrected chi connectivity index (χ4v) is 6.55. The molecule has 1 saturated carbocycles. The lowest BCUT2D eigenvalue weighted by molar-refractivity contribution is -0.186. The van der Waals surface area contributed by atoms with Gasteiger partial charge in [-0.05, 0) is 66.6 Å². The van der Waals surface area contributed by atoms with Gasteiger partial charge in [0.05, 0.1) is 7.11 Å². The van der Waals surface area contributed by atoms with Gasteiger partial charge in [-0.1, -0.05) is 30.3 Å². The van der Waals surface area contributed by atoms with Crippen molar-refractivity contribution in [3.8, 4) is 17.0 Å². The number of rotatable bonds is 5. The number of piperidine rings is 1. The molecule has 3 heterocycles. The molecule has 0 bridgehead atoms. The molecule has 0 radical (unpaired) electrons. The van der Waals surface area contributed by atoms with Crippen molar-refractivity contribution in [2.75, 3.05) is 13.7 Å². The molecule has 2 aliphatic rings. The van der Waals surface area contributed by atoms with E-state index in [1.54, 1.807) is 13.2 Å². The molecule has 0 amide bonds. The number of alkyl halides is 2. The second kappa shape index (κ2) is 8.84. The summed E-state index contributed by atoms with van der Waals surface area (Å²) in [5.41, 5.74) is 5.67. The largest absolute Gasteiger partial charge is 0.496 e. The zero-order valence-electron chi connectivity index (χ0n) is 21.1. The number of halogens is 2. The fraction of sp³-hybridized carbons (Fsp3) is 0.367. The first-order valence-corrected chi connectivity index (χ1v) is 12.8. The Kier molecular flexibility index (Phi) is 5.71. The second-order valence-corrected chi connectivity index (χ2v) is 10.8. The van der Waals surface area contributed by atoms with Gasteiger partial charge in [0.1, 0.15) is 5.75 Å². The number of likely N-dealkylation sites (tertiary alicyclic amines) is 1. The number of nitrogens with zero attached hydrogens (tertiary/aromatic N) is 1. The molecule has 1 saturated heterocycles. The van der Waals surface area contributed by atoms with E-state index in [1.807, 2.05) is 24.4 Å². The maximum atomic E-state index is 14.0. The third-order valence-corrected chi connectivity index (χ3v) is 8.33. The predicted octanol–water partition coefficient (Wildman–Crippen LogP) is 6.59. The van der Waals surface area contributed by atoms with Gasteiger partial charge in [-0.15, -0.1) is 0 Å². The SMILES string of the molecule is COc1cc(C)c2[nH]ccc2c1CN1CCC2(C[C@@H]1c1ccc(-c3cccc(=O)[nH]3)cc1)CC(F)(F)C2. The average molecular weight is 504 g/mol. The normalized spacial score (nSPS) is 20.7. The summed E-state index contributed by atoms with van der Waals surface area (Å²) in [4.78, 5) is 20.4. The molecule has 0 unspecified atom stereocenters. The number of fused-ring (bicyclic) bond motifs is 1. The van der Waals surface area contributed by atoms with Gasteiger partial charge in [0.15, 0.2) is 0 Å². The van der Waals surface area contributed by atoms with Crippen molar-refractivity contribution in [2.45, 2.75) is 51.1 Å². The molecule has 2 N–H and O–H groups in total. The van der Waals surface area contributed by atoms with E-state index in [4.69, 9.17) is 4.74 Å². The zero-order valence-corrected chi connectivity index (χ0v) is 21.1. The number of pyridine rings is 1. The average Bonchev–Trinajstić information content (AvgIpc) is 3.36. The van der Waals surface area contributed by atoms with Crippen molar-refractivity contribution in [1.82, 2.24) is 14.9 Å². The number of aryl methyl sites for hydroxylation is 1. The Morgan fingerprint density at radius 3 is 2.59 bits per heavy atom. The molecule has 2 aromatic heterocycles. The van der Waals surface area contributed by atoms with Crippen LogP contribution in [0.1, 0.15) is 48.4 Å². The van der Waals surface area contributed by atoms with E-state index in [0.717, 1.165) is 57.6 Å². The van der Waals surface area contributed by atoms with Gasteiger partial charge in [-0.2, -0.15) is 0 Å². The van der Waals surface area contributed by atoms with Crippen LogP contribution in [0, 0.1) is 12.3 Å². The summed E-state index contributed by atoms with van der Waals surface area (Å²) in [6.45, 7) is 3.48. The van der Waals surface area contributed by atoms with E-state index in [0.29, 0.717) is 13.0 Å². The molecule has 7 heteroatoms. The summed E-state index contributed by atoms with van der Waals surface area (Å²) in [5.74, 6) is -1.70. The summed E-state index contributed by atoms with van der Waals surface area (Å²) in [6, 6.07) is 17.4. The third kappa shape index (κ3) is 4.35. The van der Waals surface area contributed by atoms with Crippen LogP contribution in [0.5, 0.6) is 5.75 Å². The first-order valence-electron chi connectivity index (χ1n) is 12.8. The van der Waals surface area contributed by atoms with Crippen LogP contribution in [0.15, 0.2) is 65.6 Å².